The molecule has 2 aromatic carbocycles. The van der Waals surface area contributed by atoms with E-state index in [-0.39, 0.29) is 12.8 Å². The average Bonchev–Trinajstić information content (AvgIpc) is 2.50. The molecule has 0 unspecified atom stereocenters. The monoisotopic (exact) mass is 300 g/mol. The lowest BCUT2D eigenvalue weighted by molar-refractivity contribution is -0.137. The number of carboxylic acid groups (broad SMARTS) is 1. The van der Waals surface area contributed by atoms with E-state index in [0.29, 0.717) is 5.56 Å². The number of hydrogen-bond donors (Lipinski definition) is 3. The summed E-state index contributed by atoms with van der Waals surface area (Å²) in [6, 6.07) is 11.7. The number of nitrogens with two attached hydrogens (primary N) is 1. The first-order valence-electron chi connectivity index (χ1n) is 6.78. The number of aliphatic carboxylic acids is 1. The molecule has 2 aromatic rings. The van der Waals surface area contributed by atoms with Crippen molar-refractivity contribution in [2.45, 2.75) is 18.9 Å². The number of carbonyl (C=O) groups excluding carboxylic acids is 2. The number of nitrogens with one attached hydrogen (secondary N) is 1. The van der Waals surface area contributed by atoms with Crippen molar-refractivity contribution in [1.82, 2.24) is 5.32 Å². The van der Waals surface area contributed by atoms with Crippen LogP contribution in [0.2, 0.25) is 0 Å². The summed E-state index contributed by atoms with van der Waals surface area (Å²) < 4.78 is 0. The minimum Gasteiger partial charge on any atom is -0.481 e. The highest BCUT2D eigenvalue weighted by Gasteiger charge is 2.20. The molecule has 0 aromatic heterocycles. The molecule has 0 saturated heterocycles. The first-order valence-corrected chi connectivity index (χ1v) is 6.78. The lowest BCUT2D eigenvalue weighted by atomic mass is 10.1. The van der Waals surface area contributed by atoms with E-state index >= 15 is 0 Å². The van der Waals surface area contributed by atoms with Crippen LogP contribution in [0.5, 0.6) is 0 Å². The molecule has 0 saturated carbocycles. The van der Waals surface area contributed by atoms with E-state index in [9.17, 15) is 14.4 Å². The van der Waals surface area contributed by atoms with Crippen molar-refractivity contribution in [3.05, 3.63) is 48.0 Å². The summed E-state index contributed by atoms with van der Waals surface area (Å²) in [6.45, 7) is 0. The molecule has 1 atom stereocenters. The van der Waals surface area contributed by atoms with Gasteiger partial charge in [0.05, 0.1) is 0 Å². The van der Waals surface area contributed by atoms with E-state index in [2.05, 4.69) is 5.32 Å². The number of amides is 2. The van der Waals surface area contributed by atoms with Gasteiger partial charge in [-0.25, -0.2) is 0 Å². The second-order valence-corrected chi connectivity index (χ2v) is 4.92. The van der Waals surface area contributed by atoms with Crippen LogP contribution in [0.15, 0.2) is 42.5 Å². The van der Waals surface area contributed by atoms with Gasteiger partial charge in [-0.15, -0.1) is 0 Å². The fourth-order valence-corrected chi connectivity index (χ4v) is 2.13. The Labute approximate surface area is 126 Å². The van der Waals surface area contributed by atoms with E-state index < -0.39 is 23.8 Å². The molecule has 0 radical (unpaired) electrons. The molecule has 0 bridgehead atoms. The predicted octanol–water partition coefficient (Wildman–Crippen LogP) is 1.29. The van der Waals surface area contributed by atoms with Crippen LogP contribution in [0.1, 0.15) is 23.2 Å². The number of primary amides is 1. The summed E-state index contributed by atoms with van der Waals surface area (Å²) in [7, 11) is 0. The van der Waals surface area contributed by atoms with E-state index in [1.54, 1.807) is 18.2 Å². The molecule has 0 fully saturated rings. The van der Waals surface area contributed by atoms with Crippen molar-refractivity contribution < 1.29 is 19.5 Å². The topological polar surface area (TPSA) is 109 Å². The molecular weight excluding hydrogens is 284 g/mol. The number of fused-ring (bicyclic) bond motifs is 1. The second kappa shape index (κ2) is 6.71. The zero-order valence-corrected chi connectivity index (χ0v) is 11.8. The summed E-state index contributed by atoms with van der Waals surface area (Å²) in [5.41, 5.74) is 5.58. The van der Waals surface area contributed by atoms with Gasteiger partial charge in [0.2, 0.25) is 5.91 Å². The number of hydrogen-bond acceptors (Lipinski definition) is 3. The molecule has 0 aliphatic heterocycles. The number of rotatable bonds is 6. The highest BCUT2D eigenvalue weighted by molar-refractivity contribution is 6.00. The molecule has 22 heavy (non-hydrogen) atoms. The zero-order chi connectivity index (χ0) is 16.1. The molecule has 0 spiro atoms. The van der Waals surface area contributed by atoms with Gasteiger partial charge < -0.3 is 16.2 Å². The largest absolute Gasteiger partial charge is 0.481 e. The third-order valence-corrected chi connectivity index (χ3v) is 3.31. The van der Waals surface area contributed by atoms with Crippen LogP contribution in [-0.4, -0.2) is 28.9 Å². The van der Waals surface area contributed by atoms with Crippen molar-refractivity contribution in [1.29, 1.82) is 0 Å². The number of benzene rings is 2. The fraction of sp³-hybridized carbons (Fsp3) is 0.188. The summed E-state index contributed by atoms with van der Waals surface area (Å²) >= 11 is 0. The molecule has 0 aliphatic carbocycles. The van der Waals surface area contributed by atoms with Crippen LogP contribution in [0.4, 0.5) is 0 Å². The van der Waals surface area contributed by atoms with Crippen molar-refractivity contribution in [2.24, 2.45) is 5.73 Å². The maximum absolute atomic E-state index is 12.2. The van der Waals surface area contributed by atoms with E-state index in [4.69, 9.17) is 10.8 Å². The summed E-state index contributed by atoms with van der Waals surface area (Å²) in [4.78, 5) is 34.1. The van der Waals surface area contributed by atoms with Gasteiger partial charge in [0, 0.05) is 12.0 Å². The third-order valence-electron chi connectivity index (χ3n) is 3.31. The lowest BCUT2D eigenvalue weighted by Crippen LogP contribution is -2.44. The Morgan fingerprint density at radius 3 is 2.41 bits per heavy atom. The van der Waals surface area contributed by atoms with Gasteiger partial charge in [0.15, 0.2) is 0 Å². The second-order valence-electron chi connectivity index (χ2n) is 4.92. The van der Waals surface area contributed by atoms with Gasteiger partial charge in [-0.2, -0.15) is 0 Å². The van der Waals surface area contributed by atoms with E-state index in [1.165, 1.54) is 0 Å². The normalized spacial score (nSPS) is 11.8. The molecule has 6 nitrogen and oxygen atoms in total. The molecule has 6 heteroatoms. The van der Waals surface area contributed by atoms with E-state index in [0.717, 1.165) is 10.8 Å². The van der Waals surface area contributed by atoms with Crippen LogP contribution < -0.4 is 11.1 Å². The van der Waals surface area contributed by atoms with Crippen LogP contribution in [0, 0.1) is 0 Å². The van der Waals surface area contributed by atoms with Crippen molar-refractivity contribution in [3.63, 3.8) is 0 Å². The highest BCUT2D eigenvalue weighted by Crippen LogP contribution is 2.15. The first-order chi connectivity index (χ1) is 10.5. The van der Waals surface area contributed by atoms with Gasteiger partial charge >= 0.3 is 5.97 Å². The standard InChI is InChI=1S/C16H16N2O4/c17-15(21)13(7-8-14(19)20)18-16(22)12-6-5-10-3-1-2-4-11(10)9-12/h1-6,9,13H,7-8H2,(H2,17,21)(H,18,22)(H,19,20)/t13-/m1/s1. The third kappa shape index (κ3) is 3.82. The number of carbonyl (C=O) groups is 3. The van der Waals surface area contributed by atoms with Crippen molar-refractivity contribution in [3.8, 4) is 0 Å². The van der Waals surface area contributed by atoms with Crippen LogP contribution in [0.3, 0.4) is 0 Å². The fourth-order valence-electron chi connectivity index (χ4n) is 2.13. The molecule has 4 N–H and O–H groups in total. The molecule has 114 valence electrons. The summed E-state index contributed by atoms with van der Waals surface area (Å²) in [5, 5.41) is 13.0. The molecule has 2 rings (SSSR count). The minimum absolute atomic E-state index is 0.0377. The first kappa shape index (κ1) is 15.5. The maximum atomic E-state index is 12.2. The summed E-state index contributed by atoms with van der Waals surface area (Å²) in [6.07, 6.45) is -0.282. The Morgan fingerprint density at radius 1 is 1.09 bits per heavy atom. The van der Waals surface area contributed by atoms with Crippen LogP contribution in [-0.2, 0) is 9.59 Å². The van der Waals surface area contributed by atoms with Gasteiger partial charge in [0.1, 0.15) is 6.04 Å². The minimum atomic E-state index is -1.05. The quantitative estimate of drug-likeness (QED) is 0.746. The Hall–Kier alpha value is -2.89. The van der Waals surface area contributed by atoms with Gasteiger partial charge in [0.25, 0.3) is 5.91 Å². The SMILES string of the molecule is NC(=O)[C@@H](CCC(=O)O)NC(=O)c1ccc2ccccc2c1. The molecule has 0 aliphatic rings. The van der Waals surface area contributed by atoms with Crippen LogP contribution >= 0.6 is 0 Å². The molecule has 2 amide bonds. The Morgan fingerprint density at radius 2 is 1.77 bits per heavy atom. The van der Waals surface area contributed by atoms with Crippen molar-refractivity contribution in [2.75, 3.05) is 0 Å². The Kier molecular flexibility index (Phi) is 4.73. The van der Waals surface area contributed by atoms with E-state index in [1.807, 2.05) is 24.3 Å². The lowest BCUT2D eigenvalue weighted by Gasteiger charge is -2.14. The predicted molar refractivity (Wildman–Crippen MR) is 81.3 cm³/mol. The summed E-state index contributed by atoms with van der Waals surface area (Å²) in [5.74, 6) is -2.26. The van der Waals surface area contributed by atoms with Crippen LogP contribution in [0.25, 0.3) is 10.8 Å². The molecular formula is C16H16N2O4. The number of carboxylic acids is 1. The van der Waals surface area contributed by atoms with Crippen molar-refractivity contribution >= 4 is 28.6 Å². The Bertz CT molecular complexity index is 727. The van der Waals surface area contributed by atoms with Gasteiger partial charge in [-0.05, 0) is 29.3 Å². The van der Waals surface area contributed by atoms with Gasteiger partial charge in [-0.3, -0.25) is 14.4 Å². The Balaban J connectivity index is 2.14. The van der Waals surface area contributed by atoms with Gasteiger partial charge in [-0.1, -0.05) is 30.3 Å². The molecule has 0 heterocycles. The average molecular weight is 300 g/mol. The smallest absolute Gasteiger partial charge is 0.303 e. The maximum Gasteiger partial charge on any atom is 0.303 e. The zero-order valence-electron chi connectivity index (χ0n) is 11.8. The highest BCUT2D eigenvalue weighted by atomic mass is 16.4.